The Balaban J connectivity index is 1.51. The fourth-order valence-corrected chi connectivity index (χ4v) is 3.47. The summed E-state index contributed by atoms with van der Waals surface area (Å²) in [4.78, 5) is 8.77. The van der Waals surface area contributed by atoms with Crippen LogP contribution < -0.4 is 15.8 Å². The Morgan fingerprint density at radius 3 is 2.70 bits per heavy atom. The van der Waals surface area contributed by atoms with Crippen LogP contribution in [0.4, 0.5) is 0 Å². The summed E-state index contributed by atoms with van der Waals surface area (Å²) in [5.41, 5.74) is 7.10. The lowest BCUT2D eigenvalue weighted by molar-refractivity contribution is 0.201. The molecule has 2 aliphatic rings. The molecule has 2 saturated carbocycles. The van der Waals surface area contributed by atoms with Gasteiger partial charge in [-0.25, -0.2) is 9.98 Å². The normalized spacial score (nSPS) is 20.6. The number of nitrogens with two attached hydrogens (primary N) is 1. The van der Waals surface area contributed by atoms with Gasteiger partial charge in [0.25, 0.3) is 0 Å². The van der Waals surface area contributed by atoms with Gasteiger partial charge in [-0.2, -0.15) is 0 Å². The summed E-state index contributed by atoms with van der Waals surface area (Å²) in [5, 5.41) is 3.34. The maximum Gasteiger partial charge on any atom is 0.213 e. The van der Waals surface area contributed by atoms with Gasteiger partial charge in [-0.3, -0.25) is 0 Å². The van der Waals surface area contributed by atoms with Crippen molar-refractivity contribution in [2.75, 3.05) is 0 Å². The molecule has 0 unspecified atom stereocenters. The number of aromatic nitrogens is 1. The van der Waals surface area contributed by atoms with Gasteiger partial charge in [-0.05, 0) is 50.2 Å². The molecule has 3 rings (SSSR count). The van der Waals surface area contributed by atoms with Crippen molar-refractivity contribution in [3.63, 3.8) is 0 Å². The van der Waals surface area contributed by atoms with Crippen LogP contribution in [0.15, 0.2) is 23.3 Å². The molecule has 0 radical (unpaired) electrons. The molecule has 5 heteroatoms. The average Bonchev–Trinajstić information content (AvgIpc) is 3.07. The van der Waals surface area contributed by atoms with Crippen LogP contribution in [0.25, 0.3) is 0 Å². The fraction of sp³-hybridized carbons (Fsp3) is 0.667. The molecule has 23 heavy (non-hydrogen) atoms. The van der Waals surface area contributed by atoms with E-state index in [0.717, 1.165) is 18.4 Å². The number of hydrogen-bond donors (Lipinski definition) is 2. The van der Waals surface area contributed by atoms with Crippen LogP contribution in [-0.2, 0) is 6.54 Å². The fourth-order valence-electron chi connectivity index (χ4n) is 3.47. The minimum Gasteiger partial charge on any atom is -0.474 e. The lowest BCUT2D eigenvalue weighted by Gasteiger charge is -2.23. The van der Waals surface area contributed by atoms with Gasteiger partial charge >= 0.3 is 0 Å². The Hall–Kier alpha value is -1.78. The Bertz CT molecular complexity index is 520. The zero-order valence-electron chi connectivity index (χ0n) is 13.8. The first-order chi connectivity index (χ1) is 11.3. The van der Waals surface area contributed by atoms with Crippen LogP contribution in [-0.4, -0.2) is 23.1 Å². The van der Waals surface area contributed by atoms with Gasteiger partial charge in [-0.15, -0.1) is 0 Å². The summed E-state index contributed by atoms with van der Waals surface area (Å²) >= 11 is 0. The smallest absolute Gasteiger partial charge is 0.213 e. The highest BCUT2D eigenvalue weighted by Gasteiger charge is 2.17. The van der Waals surface area contributed by atoms with E-state index in [2.05, 4.69) is 15.3 Å². The third-order valence-corrected chi connectivity index (χ3v) is 4.78. The van der Waals surface area contributed by atoms with Gasteiger partial charge < -0.3 is 15.8 Å². The van der Waals surface area contributed by atoms with E-state index >= 15 is 0 Å². The molecule has 2 aliphatic carbocycles. The second-order valence-corrected chi connectivity index (χ2v) is 6.71. The van der Waals surface area contributed by atoms with Gasteiger partial charge in [0, 0.05) is 18.3 Å². The van der Waals surface area contributed by atoms with E-state index in [1.54, 1.807) is 6.20 Å². The third kappa shape index (κ3) is 5.12. The van der Waals surface area contributed by atoms with Crippen LogP contribution in [0.5, 0.6) is 5.88 Å². The number of ether oxygens (including phenoxy) is 1. The summed E-state index contributed by atoms with van der Waals surface area (Å²) in [6.07, 6.45) is 13.2. The topological polar surface area (TPSA) is 72.5 Å². The van der Waals surface area contributed by atoms with E-state index in [-0.39, 0.29) is 0 Å². The minimum atomic E-state index is 0.333. The SMILES string of the molecule is NC(=NCc1ccnc(OC2CCCC2)c1)NC1CCCCC1. The van der Waals surface area contributed by atoms with Crippen molar-refractivity contribution < 1.29 is 4.74 Å². The van der Waals surface area contributed by atoms with E-state index < -0.39 is 0 Å². The first-order valence-corrected chi connectivity index (χ1v) is 8.97. The Morgan fingerprint density at radius 2 is 1.91 bits per heavy atom. The van der Waals surface area contributed by atoms with Crippen LogP contribution >= 0.6 is 0 Å². The monoisotopic (exact) mass is 316 g/mol. The van der Waals surface area contributed by atoms with Crippen molar-refractivity contribution in [3.05, 3.63) is 23.9 Å². The number of rotatable bonds is 5. The van der Waals surface area contributed by atoms with Crippen molar-refractivity contribution in [1.82, 2.24) is 10.3 Å². The number of pyridine rings is 1. The molecule has 0 atom stereocenters. The summed E-state index contributed by atoms with van der Waals surface area (Å²) in [5.74, 6) is 1.26. The summed E-state index contributed by atoms with van der Waals surface area (Å²) in [6.45, 7) is 0.565. The molecule has 0 aromatic carbocycles. The van der Waals surface area contributed by atoms with Crippen LogP contribution in [0.2, 0.25) is 0 Å². The molecular formula is C18H28N4O. The number of nitrogens with one attached hydrogen (secondary N) is 1. The molecule has 0 saturated heterocycles. The molecule has 0 amide bonds. The first-order valence-electron chi connectivity index (χ1n) is 8.97. The second kappa shape index (κ2) is 8.18. The molecule has 1 aromatic rings. The van der Waals surface area contributed by atoms with Gasteiger partial charge in [0.15, 0.2) is 5.96 Å². The van der Waals surface area contributed by atoms with Crippen molar-refractivity contribution in [3.8, 4) is 5.88 Å². The maximum absolute atomic E-state index is 6.01. The highest BCUT2D eigenvalue weighted by Crippen LogP contribution is 2.23. The van der Waals surface area contributed by atoms with Crippen molar-refractivity contribution in [1.29, 1.82) is 0 Å². The van der Waals surface area contributed by atoms with Crippen molar-refractivity contribution in [2.24, 2.45) is 10.7 Å². The number of guanidine groups is 1. The van der Waals surface area contributed by atoms with Crippen molar-refractivity contribution >= 4 is 5.96 Å². The molecule has 0 bridgehead atoms. The van der Waals surface area contributed by atoms with E-state index in [0.29, 0.717) is 30.5 Å². The molecule has 126 valence electrons. The zero-order valence-corrected chi connectivity index (χ0v) is 13.8. The maximum atomic E-state index is 6.01. The number of aliphatic imine (C=N–C) groups is 1. The third-order valence-electron chi connectivity index (χ3n) is 4.78. The summed E-state index contributed by atoms with van der Waals surface area (Å²) in [7, 11) is 0. The molecule has 5 nitrogen and oxygen atoms in total. The lowest BCUT2D eigenvalue weighted by Crippen LogP contribution is -2.41. The van der Waals surface area contributed by atoms with Crippen LogP contribution in [0, 0.1) is 0 Å². The lowest BCUT2D eigenvalue weighted by atomic mass is 9.96. The van der Waals surface area contributed by atoms with Crippen molar-refractivity contribution in [2.45, 2.75) is 76.5 Å². The Kier molecular flexibility index (Phi) is 5.72. The second-order valence-electron chi connectivity index (χ2n) is 6.71. The van der Waals surface area contributed by atoms with Gasteiger partial charge in [-0.1, -0.05) is 19.3 Å². The van der Waals surface area contributed by atoms with E-state index in [4.69, 9.17) is 10.5 Å². The molecule has 2 fully saturated rings. The minimum absolute atomic E-state index is 0.333. The van der Waals surface area contributed by atoms with Gasteiger partial charge in [0.05, 0.1) is 6.54 Å². The van der Waals surface area contributed by atoms with E-state index in [1.807, 2.05) is 12.1 Å². The standard InChI is InChI=1S/C18H28N4O/c19-18(22-15-6-2-1-3-7-15)21-13-14-10-11-20-17(12-14)23-16-8-4-5-9-16/h10-12,15-16H,1-9,13H2,(H3,19,21,22). The van der Waals surface area contributed by atoms with E-state index in [9.17, 15) is 0 Å². The molecule has 3 N–H and O–H groups in total. The predicted molar refractivity (Wildman–Crippen MR) is 92.5 cm³/mol. The Morgan fingerprint density at radius 1 is 1.17 bits per heavy atom. The van der Waals surface area contributed by atoms with Gasteiger partial charge in [0.1, 0.15) is 6.10 Å². The average molecular weight is 316 g/mol. The summed E-state index contributed by atoms with van der Waals surface area (Å²) in [6, 6.07) is 4.44. The van der Waals surface area contributed by atoms with E-state index in [1.165, 1.54) is 44.9 Å². The molecule has 1 aromatic heterocycles. The van der Waals surface area contributed by atoms with Crippen LogP contribution in [0.3, 0.4) is 0 Å². The van der Waals surface area contributed by atoms with Crippen LogP contribution in [0.1, 0.15) is 63.4 Å². The molecule has 0 spiro atoms. The van der Waals surface area contributed by atoms with Gasteiger partial charge in [0.2, 0.25) is 5.88 Å². The molecule has 0 aliphatic heterocycles. The number of hydrogen-bond acceptors (Lipinski definition) is 3. The molecular weight excluding hydrogens is 288 g/mol. The largest absolute Gasteiger partial charge is 0.474 e. The quantitative estimate of drug-likeness (QED) is 0.646. The predicted octanol–water partition coefficient (Wildman–Crippen LogP) is 3.14. The zero-order chi connectivity index (χ0) is 15.9. The number of nitrogens with zero attached hydrogens (tertiary/aromatic N) is 2. The Labute approximate surface area is 138 Å². The summed E-state index contributed by atoms with van der Waals surface area (Å²) < 4.78 is 5.94. The highest BCUT2D eigenvalue weighted by molar-refractivity contribution is 5.78. The molecule has 1 heterocycles. The highest BCUT2D eigenvalue weighted by atomic mass is 16.5. The first kappa shape index (κ1) is 16.1.